The highest BCUT2D eigenvalue weighted by Gasteiger charge is 2.32. The molecular weight excluding hydrogens is 260 g/mol. The van der Waals surface area contributed by atoms with E-state index in [2.05, 4.69) is 34.5 Å². The van der Waals surface area contributed by atoms with Crippen LogP contribution in [0.1, 0.15) is 43.2 Å². The van der Waals surface area contributed by atoms with Gasteiger partial charge in [-0.3, -0.25) is 9.69 Å². The Morgan fingerprint density at radius 3 is 2.76 bits per heavy atom. The van der Waals surface area contributed by atoms with Crippen molar-refractivity contribution in [1.29, 1.82) is 0 Å². The number of nitrogens with zero attached hydrogens (tertiary/aromatic N) is 1. The molecule has 3 nitrogen and oxygen atoms in total. The third-order valence-corrected chi connectivity index (χ3v) is 5.12. The molecule has 0 bridgehead atoms. The summed E-state index contributed by atoms with van der Waals surface area (Å²) in [6.45, 7) is 5.42. The SMILES string of the molecule is CCNC(=O)CN1CCC(C2CCc3ccccc32)CC1. The first kappa shape index (κ1) is 14.6. The summed E-state index contributed by atoms with van der Waals surface area (Å²) in [6.07, 6.45) is 5.04. The molecule has 0 aromatic heterocycles. The van der Waals surface area contributed by atoms with Gasteiger partial charge in [0.15, 0.2) is 0 Å². The molecule has 0 radical (unpaired) electrons. The largest absolute Gasteiger partial charge is 0.355 e. The Balaban J connectivity index is 1.54. The Morgan fingerprint density at radius 1 is 1.24 bits per heavy atom. The molecular formula is C18H26N2O. The summed E-state index contributed by atoms with van der Waals surface area (Å²) in [7, 11) is 0. The summed E-state index contributed by atoms with van der Waals surface area (Å²) in [5, 5.41) is 2.89. The van der Waals surface area contributed by atoms with Crippen LogP contribution < -0.4 is 5.32 Å². The summed E-state index contributed by atoms with van der Waals surface area (Å²) in [5.74, 6) is 1.73. The summed E-state index contributed by atoms with van der Waals surface area (Å²) in [5.41, 5.74) is 3.16. The van der Waals surface area contributed by atoms with Gasteiger partial charge >= 0.3 is 0 Å². The van der Waals surface area contributed by atoms with Crippen LogP contribution in [0.4, 0.5) is 0 Å². The lowest BCUT2D eigenvalue weighted by Crippen LogP contribution is -2.42. The molecule has 1 aromatic carbocycles. The first-order chi connectivity index (χ1) is 10.3. The average Bonchev–Trinajstić information content (AvgIpc) is 2.92. The third-order valence-electron chi connectivity index (χ3n) is 5.12. The van der Waals surface area contributed by atoms with Crippen LogP contribution in [0.5, 0.6) is 0 Å². The van der Waals surface area contributed by atoms with Gasteiger partial charge in [0.2, 0.25) is 5.91 Å². The predicted octanol–water partition coefficient (Wildman–Crippen LogP) is 2.56. The van der Waals surface area contributed by atoms with Crippen LogP contribution in [0.15, 0.2) is 24.3 Å². The minimum Gasteiger partial charge on any atom is -0.355 e. The van der Waals surface area contributed by atoms with Crippen LogP contribution in [0.3, 0.4) is 0 Å². The van der Waals surface area contributed by atoms with Gasteiger partial charge in [-0.15, -0.1) is 0 Å². The molecule has 3 rings (SSSR count). The second-order valence-electron chi connectivity index (χ2n) is 6.41. The van der Waals surface area contributed by atoms with E-state index < -0.39 is 0 Å². The number of carbonyl (C=O) groups excluding carboxylic acids is 1. The molecule has 1 fully saturated rings. The van der Waals surface area contributed by atoms with Gasteiger partial charge in [-0.05, 0) is 68.7 Å². The Hall–Kier alpha value is -1.35. The van der Waals surface area contributed by atoms with E-state index >= 15 is 0 Å². The number of carbonyl (C=O) groups is 1. The van der Waals surface area contributed by atoms with E-state index in [1.54, 1.807) is 11.1 Å². The number of hydrogen-bond acceptors (Lipinski definition) is 2. The van der Waals surface area contributed by atoms with Crippen molar-refractivity contribution in [2.45, 2.75) is 38.5 Å². The second kappa shape index (κ2) is 6.61. The van der Waals surface area contributed by atoms with Gasteiger partial charge in [-0.2, -0.15) is 0 Å². The third kappa shape index (κ3) is 3.29. The Kier molecular flexibility index (Phi) is 4.59. The van der Waals surface area contributed by atoms with E-state index in [4.69, 9.17) is 0 Å². The number of fused-ring (bicyclic) bond motifs is 1. The lowest BCUT2D eigenvalue weighted by molar-refractivity contribution is -0.122. The molecule has 1 aliphatic heterocycles. The van der Waals surface area contributed by atoms with E-state index in [1.165, 1.54) is 25.7 Å². The lowest BCUT2D eigenvalue weighted by Gasteiger charge is -2.34. The molecule has 1 N–H and O–H groups in total. The maximum absolute atomic E-state index is 11.7. The molecule has 0 saturated carbocycles. The van der Waals surface area contributed by atoms with Crippen LogP contribution >= 0.6 is 0 Å². The van der Waals surface area contributed by atoms with E-state index in [0.29, 0.717) is 6.54 Å². The van der Waals surface area contributed by atoms with Gasteiger partial charge in [0.1, 0.15) is 0 Å². The number of amides is 1. The first-order valence-corrected chi connectivity index (χ1v) is 8.34. The van der Waals surface area contributed by atoms with Crippen LogP contribution in [-0.4, -0.2) is 37.0 Å². The number of aryl methyl sites for hydroxylation is 1. The Morgan fingerprint density at radius 2 is 2.00 bits per heavy atom. The van der Waals surface area contributed by atoms with Crippen molar-refractivity contribution >= 4 is 5.91 Å². The molecule has 21 heavy (non-hydrogen) atoms. The molecule has 1 unspecified atom stereocenters. The van der Waals surface area contributed by atoms with Crippen molar-refractivity contribution in [3.05, 3.63) is 35.4 Å². The topological polar surface area (TPSA) is 32.3 Å². The van der Waals surface area contributed by atoms with Crippen LogP contribution in [0, 0.1) is 5.92 Å². The zero-order chi connectivity index (χ0) is 14.7. The molecule has 1 heterocycles. The highest BCUT2D eigenvalue weighted by Crippen LogP contribution is 2.42. The molecule has 114 valence electrons. The van der Waals surface area contributed by atoms with Gasteiger partial charge in [0.05, 0.1) is 6.54 Å². The maximum Gasteiger partial charge on any atom is 0.234 e. The average molecular weight is 286 g/mol. The fourth-order valence-corrected chi connectivity index (χ4v) is 4.05. The van der Waals surface area contributed by atoms with Gasteiger partial charge < -0.3 is 5.32 Å². The maximum atomic E-state index is 11.7. The number of rotatable bonds is 4. The fraction of sp³-hybridized carbons (Fsp3) is 0.611. The summed E-state index contributed by atoms with van der Waals surface area (Å²) in [6, 6.07) is 8.96. The molecule has 1 atom stereocenters. The van der Waals surface area contributed by atoms with Gasteiger partial charge in [-0.1, -0.05) is 24.3 Å². The normalized spacial score (nSPS) is 23.0. The minimum atomic E-state index is 0.169. The molecule has 3 heteroatoms. The molecule has 1 aromatic rings. The molecule has 1 saturated heterocycles. The minimum absolute atomic E-state index is 0.169. The molecule has 0 spiro atoms. The molecule has 1 aliphatic carbocycles. The van der Waals surface area contributed by atoms with Crippen molar-refractivity contribution in [2.24, 2.45) is 5.92 Å². The predicted molar refractivity (Wildman–Crippen MR) is 85.4 cm³/mol. The van der Waals surface area contributed by atoms with Crippen LogP contribution in [-0.2, 0) is 11.2 Å². The number of hydrogen-bond donors (Lipinski definition) is 1. The Labute approximate surface area is 127 Å². The van der Waals surface area contributed by atoms with Crippen molar-refractivity contribution in [1.82, 2.24) is 10.2 Å². The van der Waals surface area contributed by atoms with E-state index in [1.807, 2.05) is 6.92 Å². The fourth-order valence-electron chi connectivity index (χ4n) is 4.05. The number of benzene rings is 1. The highest BCUT2D eigenvalue weighted by atomic mass is 16.2. The number of likely N-dealkylation sites (N-methyl/N-ethyl adjacent to an activating group) is 1. The molecule has 1 amide bonds. The van der Waals surface area contributed by atoms with Gasteiger partial charge in [-0.25, -0.2) is 0 Å². The number of likely N-dealkylation sites (tertiary alicyclic amines) is 1. The number of nitrogens with one attached hydrogen (secondary N) is 1. The summed E-state index contributed by atoms with van der Waals surface area (Å²) < 4.78 is 0. The second-order valence-corrected chi connectivity index (χ2v) is 6.41. The lowest BCUT2D eigenvalue weighted by atomic mass is 9.81. The van der Waals surface area contributed by atoms with Gasteiger partial charge in [0, 0.05) is 6.54 Å². The Bertz CT molecular complexity index is 492. The van der Waals surface area contributed by atoms with Crippen LogP contribution in [0.25, 0.3) is 0 Å². The zero-order valence-corrected chi connectivity index (χ0v) is 13.0. The first-order valence-electron chi connectivity index (χ1n) is 8.34. The van der Waals surface area contributed by atoms with E-state index in [-0.39, 0.29) is 5.91 Å². The standard InChI is InChI=1S/C18H26N2O/c1-2-19-18(21)13-20-11-9-15(10-12-20)17-8-7-14-5-3-4-6-16(14)17/h3-6,15,17H,2,7-13H2,1H3,(H,19,21). The van der Waals surface area contributed by atoms with E-state index in [9.17, 15) is 4.79 Å². The van der Waals surface area contributed by atoms with Crippen molar-refractivity contribution in [2.75, 3.05) is 26.2 Å². The summed E-state index contributed by atoms with van der Waals surface area (Å²) >= 11 is 0. The monoisotopic (exact) mass is 286 g/mol. The highest BCUT2D eigenvalue weighted by molar-refractivity contribution is 5.77. The quantitative estimate of drug-likeness (QED) is 0.922. The molecule has 2 aliphatic rings. The number of piperidine rings is 1. The smallest absolute Gasteiger partial charge is 0.234 e. The summed E-state index contributed by atoms with van der Waals surface area (Å²) in [4.78, 5) is 14.0. The van der Waals surface area contributed by atoms with Crippen LogP contribution in [0.2, 0.25) is 0 Å². The zero-order valence-electron chi connectivity index (χ0n) is 13.0. The van der Waals surface area contributed by atoms with Crippen molar-refractivity contribution in [3.63, 3.8) is 0 Å². The van der Waals surface area contributed by atoms with E-state index in [0.717, 1.165) is 31.5 Å². The van der Waals surface area contributed by atoms with Crippen molar-refractivity contribution < 1.29 is 4.79 Å². The van der Waals surface area contributed by atoms with Gasteiger partial charge in [0.25, 0.3) is 0 Å². The van der Waals surface area contributed by atoms with Crippen molar-refractivity contribution in [3.8, 4) is 0 Å².